The molecule has 3 heteroatoms. The second kappa shape index (κ2) is 5.05. The van der Waals surface area contributed by atoms with Crippen LogP contribution in [0.1, 0.15) is 26.2 Å². The molecule has 1 heterocycles. The third-order valence-corrected chi connectivity index (χ3v) is 3.56. The lowest BCUT2D eigenvalue weighted by atomic mass is 9.90. The average Bonchev–Trinajstić information content (AvgIpc) is 2.29. The molecule has 1 saturated heterocycles. The zero-order valence-corrected chi connectivity index (χ0v) is 10.7. The summed E-state index contributed by atoms with van der Waals surface area (Å²) in [6.45, 7) is 4.14. The highest BCUT2D eigenvalue weighted by Gasteiger charge is 2.28. The van der Waals surface area contributed by atoms with Crippen molar-refractivity contribution in [3.63, 3.8) is 0 Å². The molecule has 0 amide bonds. The van der Waals surface area contributed by atoms with Gasteiger partial charge in [-0.1, -0.05) is 18.6 Å². The van der Waals surface area contributed by atoms with Crippen LogP contribution in [0.4, 0.5) is 10.1 Å². The first-order chi connectivity index (χ1) is 8.11. The molecular weight excluding hydrogens is 215 g/mol. The van der Waals surface area contributed by atoms with Crippen LogP contribution in [0.2, 0.25) is 0 Å². The van der Waals surface area contributed by atoms with Crippen molar-refractivity contribution in [1.82, 2.24) is 5.32 Å². The van der Waals surface area contributed by atoms with Crippen LogP contribution in [0, 0.1) is 5.82 Å². The van der Waals surface area contributed by atoms with Crippen LogP contribution in [-0.4, -0.2) is 25.7 Å². The van der Waals surface area contributed by atoms with Gasteiger partial charge in [-0.15, -0.1) is 0 Å². The number of nitrogens with one attached hydrogen (secondary N) is 1. The van der Waals surface area contributed by atoms with Gasteiger partial charge in [-0.05, 0) is 38.4 Å². The molecular formula is C14H21FN2. The van der Waals surface area contributed by atoms with Gasteiger partial charge in [-0.3, -0.25) is 0 Å². The zero-order valence-electron chi connectivity index (χ0n) is 10.7. The molecule has 0 bridgehead atoms. The summed E-state index contributed by atoms with van der Waals surface area (Å²) in [4.78, 5) is 2.01. The molecule has 0 spiro atoms. The van der Waals surface area contributed by atoms with Crippen LogP contribution < -0.4 is 10.2 Å². The second-order valence-corrected chi connectivity index (χ2v) is 5.25. The Kier molecular flexibility index (Phi) is 3.67. The van der Waals surface area contributed by atoms with E-state index in [1.54, 1.807) is 6.07 Å². The van der Waals surface area contributed by atoms with Gasteiger partial charge in [0.2, 0.25) is 0 Å². The van der Waals surface area contributed by atoms with E-state index in [2.05, 4.69) is 12.2 Å². The highest BCUT2D eigenvalue weighted by molar-refractivity contribution is 5.47. The van der Waals surface area contributed by atoms with Crippen molar-refractivity contribution in [2.45, 2.75) is 31.7 Å². The average molecular weight is 236 g/mol. The fourth-order valence-electron chi connectivity index (χ4n) is 2.62. The van der Waals surface area contributed by atoms with Gasteiger partial charge in [-0.2, -0.15) is 0 Å². The first-order valence-electron chi connectivity index (χ1n) is 6.31. The number of anilines is 1. The lowest BCUT2D eigenvalue weighted by Crippen LogP contribution is -2.53. The van der Waals surface area contributed by atoms with Crippen molar-refractivity contribution >= 4 is 5.69 Å². The molecule has 1 atom stereocenters. The number of para-hydroxylation sites is 1. The van der Waals surface area contributed by atoms with E-state index in [0.29, 0.717) is 5.69 Å². The predicted octanol–water partition coefficient (Wildman–Crippen LogP) is 2.79. The van der Waals surface area contributed by atoms with Crippen molar-refractivity contribution in [3.05, 3.63) is 30.1 Å². The number of hydrogen-bond acceptors (Lipinski definition) is 2. The molecule has 2 rings (SSSR count). The summed E-state index contributed by atoms with van der Waals surface area (Å²) in [5.41, 5.74) is 0.788. The molecule has 1 aromatic carbocycles. The van der Waals surface area contributed by atoms with E-state index < -0.39 is 0 Å². The number of likely N-dealkylation sites (N-methyl/N-ethyl adjacent to an activating group) is 1. The van der Waals surface area contributed by atoms with Crippen molar-refractivity contribution in [3.8, 4) is 0 Å². The SMILES string of the molecule is CN(CC1(C)CCCCN1)c1ccccc1F. The lowest BCUT2D eigenvalue weighted by molar-refractivity contribution is 0.283. The Hall–Kier alpha value is -1.09. The molecule has 2 nitrogen and oxygen atoms in total. The molecule has 1 unspecified atom stereocenters. The van der Waals surface area contributed by atoms with E-state index in [-0.39, 0.29) is 11.4 Å². The highest BCUT2D eigenvalue weighted by Crippen LogP contribution is 2.23. The van der Waals surface area contributed by atoms with Gasteiger partial charge in [0.15, 0.2) is 0 Å². The van der Waals surface area contributed by atoms with Gasteiger partial charge in [0.05, 0.1) is 5.69 Å². The van der Waals surface area contributed by atoms with E-state index in [0.717, 1.165) is 19.5 Å². The van der Waals surface area contributed by atoms with Crippen LogP contribution in [0.25, 0.3) is 0 Å². The normalized spacial score (nSPS) is 24.6. The number of piperidine rings is 1. The molecule has 17 heavy (non-hydrogen) atoms. The molecule has 1 aliphatic heterocycles. The molecule has 0 aliphatic carbocycles. The zero-order chi connectivity index (χ0) is 12.3. The number of nitrogens with zero attached hydrogens (tertiary/aromatic N) is 1. The van der Waals surface area contributed by atoms with E-state index >= 15 is 0 Å². The Labute approximate surface area is 103 Å². The van der Waals surface area contributed by atoms with Gasteiger partial charge >= 0.3 is 0 Å². The third-order valence-electron chi connectivity index (χ3n) is 3.56. The van der Waals surface area contributed by atoms with Crippen LogP contribution in [0.3, 0.4) is 0 Å². The van der Waals surface area contributed by atoms with E-state index in [1.165, 1.54) is 18.9 Å². The summed E-state index contributed by atoms with van der Waals surface area (Å²) < 4.78 is 13.7. The molecule has 1 aromatic rings. The topological polar surface area (TPSA) is 15.3 Å². The van der Waals surface area contributed by atoms with Gasteiger partial charge in [0.1, 0.15) is 5.82 Å². The first-order valence-corrected chi connectivity index (χ1v) is 6.31. The van der Waals surface area contributed by atoms with Crippen molar-refractivity contribution in [1.29, 1.82) is 0 Å². The minimum Gasteiger partial charge on any atom is -0.370 e. The molecule has 0 aromatic heterocycles. The number of hydrogen-bond donors (Lipinski definition) is 1. The molecule has 0 radical (unpaired) electrons. The number of halogens is 1. The van der Waals surface area contributed by atoms with Crippen molar-refractivity contribution in [2.24, 2.45) is 0 Å². The van der Waals surface area contributed by atoms with E-state index in [9.17, 15) is 4.39 Å². The highest BCUT2D eigenvalue weighted by atomic mass is 19.1. The quantitative estimate of drug-likeness (QED) is 0.868. The van der Waals surface area contributed by atoms with E-state index in [1.807, 2.05) is 24.1 Å². The fourth-order valence-corrected chi connectivity index (χ4v) is 2.62. The Morgan fingerprint density at radius 3 is 2.76 bits per heavy atom. The van der Waals surface area contributed by atoms with Crippen LogP contribution >= 0.6 is 0 Å². The summed E-state index contributed by atoms with van der Waals surface area (Å²) in [5.74, 6) is -0.144. The number of rotatable bonds is 3. The van der Waals surface area contributed by atoms with Crippen molar-refractivity contribution in [2.75, 3.05) is 25.0 Å². The predicted molar refractivity (Wildman–Crippen MR) is 69.9 cm³/mol. The summed E-state index contributed by atoms with van der Waals surface area (Å²) in [7, 11) is 1.96. The molecule has 0 saturated carbocycles. The standard InChI is InChI=1S/C14H21FN2/c1-14(9-5-6-10-16-14)11-17(2)13-8-4-3-7-12(13)15/h3-4,7-8,16H,5-6,9-11H2,1-2H3. The smallest absolute Gasteiger partial charge is 0.146 e. The fraction of sp³-hybridized carbons (Fsp3) is 0.571. The van der Waals surface area contributed by atoms with E-state index in [4.69, 9.17) is 0 Å². The van der Waals surface area contributed by atoms with Crippen LogP contribution in [0.5, 0.6) is 0 Å². The maximum Gasteiger partial charge on any atom is 0.146 e. The largest absolute Gasteiger partial charge is 0.370 e. The van der Waals surface area contributed by atoms with Gasteiger partial charge < -0.3 is 10.2 Å². The van der Waals surface area contributed by atoms with Crippen LogP contribution in [0.15, 0.2) is 24.3 Å². The molecule has 1 aliphatic rings. The summed E-state index contributed by atoms with van der Waals surface area (Å²) in [6.07, 6.45) is 3.67. The van der Waals surface area contributed by atoms with Crippen molar-refractivity contribution < 1.29 is 4.39 Å². The Bertz CT molecular complexity index is 372. The maximum atomic E-state index is 13.7. The van der Waals surface area contributed by atoms with Gasteiger partial charge in [0.25, 0.3) is 0 Å². The Morgan fingerprint density at radius 1 is 1.35 bits per heavy atom. The molecule has 94 valence electrons. The van der Waals surface area contributed by atoms with Gasteiger partial charge in [-0.25, -0.2) is 4.39 Å². The van der Waals surface area contributed by atoms with Crippen LogP contribution in [-0.2, 0) is 0 Å². The summed E-state index contributed by atoms with van der Waals surface area (Å²) in [5, 5.41) is 3.55. The monoisotopic (exact) mass is 236 g/mol. The summed E-state index contributed by atoms with van der Waals surface area (Å²) in [6, 6.07) is 6.96. The molecule has 1 fully saturated rings. The lowest BCUT2D eigenvalue weighted by Gasteiger charge is -2.38. The Balaban J connectivity index is 2.06. The number of benzene rings is 1. The minimum absolute atomic E-state index is 0.106. The third kappa shape index (κ3) is 2.97. The summed E-state index contributed by atoms with van der Waals surface area (Å²) >= 11 is 0. The molecule has 1 N–H and O–H groups in total. The maximum absolute atomic E-state index is 13.7. The first kappa shape index (κ1) is 12.4. The Morgan fingerprint density at radius 2 is 2.12 bits per heavy atom. The minimum atomic E-state index is -0.144. The second-order valence-electron chi connectivity index (χ2n) is 5.25. The van der Waals surface area contributed by atoms with Gasteiger partial charge in [0, 0.05) is 19.1 Å².